The van der Waals surface area contributed by atoms with Crippen LogP contribution in [0.2, 0.25) is 0 Å². The number of aryl methyl sites for hydroxylation is 1. The predicted octanol–water partition coefficient (Wildman–Crippen LogP) is 1.74. The van der Waals surface area contributed by atoms with E-state index in [0.29, 0.717) is 12.4 Å². The van der Waals surface area contributed by atoms with Gasteiger partial charge in [-0.25, -0.2) is 4.98 Å². The predicted molar refractivity (Wildman–Crippen MR) is 67.2 cm³/mol. The number of benzene rings is 1. The Kier molecular flexibility index (Phi) is 3.09. The topological polar surface area (TPSA) is 75.4 Å². The molecule has 0 atom stereocenters. The molecule has 0 saturated heterocycles. The van der Waals surface area contributed by atoms with Gasteiger partial charge in [-0.15, -0.1) is 0 Å². The van der Waals surface area contributed by atoms with Crippen molar-refractivity contribution in [1.82, 2.24) is 9.55 Å². The molecular formula is C13H16N2O3. The third-order valence-corrected chi connectivity index (χ3v) is 2.75. The van der Waals surface area contributed by atoms with Crippen LogP contribution >= 0.6 is 0 Å². The lowest BCUT2D eigenvalue weighted by Gasteiger charge is -2.18. The second-order valence-electron chi connectivity index (χ2n) is 4.78. The maximum atomic E-state index is 10.7. The number of hydrogen-bond acceptors (Lipinski definition) is 3. The molecule has 0 radical (unpaired) electrons. The van der Waals surface area contributed by atoms with Gasteiger partial charge < -0.3 is 14.8 Å². The van der Waals surface area contributed by atoms with E-state index < -0.39 is 11.6 Å². The summed E-state index contributed by atoms with van der Waals surface area (Å²) >= 11 is 0. The van der Waals surface area contributed by atoms with Crippen molar-refractivity contribution in [1.29, 1.82) is 0 Å². The van der Waals surface area contributed by atoms with Crippen LogP contribution in [-0.2, 0) is 16.9 Å². The standard InChI is InChI=1S/C13H16N2O3/c1-13(2,18)12-14-9-5-3-4-6-10(9)15(12)8-7-11(16)17/h3-6,18H,7-8H2,1-2H3,(H,16,17). The van der Waals surface area contributed by atoms with Gasteiger partial charge in [0.05, 0.1) is 17.5 Å². The molecule has 1 heterocycles. The Bertz CT molecular complexity index is 581. The number of carboxylic acids is 1. The Hall–Kier alpha value is -1.88. The Balaban J connectivity index is 2.54. The average molecular weight is 248 g/mol. The van der Waals surface area contributed by atoms with Crippen molar-refractivity contribution in [3.8, 4) is 0 Å². The summed E-state index contributed by atoms with van der Waals surface area (Å²) < 4.78 is 1.77. The number of rotatable bonds is 4. The van der Waals surface area contributed by atoms with Crippen LogP contribution in [0.15, 0.2) is 24.3 Å². The van der Waals surface area contributed by atoms with Crippen LogP contribution in [0.25, 0.3) is 11.0 Å². The number of carbonyl (C=O) groups is 1. The van der Waals surface area contributed by atoms with E-state index in [2.05, 4.69) is 4.98 Å². The highest BCUT2D eigenvalue weighted by molar-refractivity contribution is 5.76. The molecule has 96 valence electrons. The third kappa shape index (κ3) is 2.36. The first-order valence-electron chi connectivity index (χ1n) is 5.79. The molecule has 5 heteroatoms. The van der Waals surface area contributed by atoms with Gasteiger partial charge in [0.25, 0.3) is 0 Å². The Labute approximate surface area is 105 Å². The molecular weight excluding hydrogens is 232 g/mol. The highest BCUT2D eigenvalue weighted by atomic mass is 16.4. The molecule has 0 bridgehead atoms. The van der Waals surface area contributed by atoms with Crippen LogP contribution in [0, 0.1) is 0 Å². The van der Waals surface area contributed by atoms with Gasteiger partial charge in [0.15, 0.2) is 0 Å². The fraction of sp³-hybridized carbons (Fsp3) is 0.385. The Morgan fingerprint density at radius 1 is 1.39 bits per heavy atom. The number of carboxylic acid groups (broad SMARTS) is 1. The molecule has 0 aliphatic heterocycles. The van der Waals surface area contributed by atoms with Gasteiger partial charge in [-0.2, -0.15) is 0 Å². The summed E-state index contributed by atoms with van der Waals surface area (Å²) in [6.07, 6.45) is 0.00341. The molecule has 5 nitrogen and oxygen atoms in total. The molecule has 1 aromatic carbocycles. The minimum Gasteiger partial charge on any atom is -0.481 e. The summed E-state index contributed by atoms with van der Waals surface area (Å²) in [7, 11) is 0. The zero-order chi connectivity index (χ0) is 13.3. The molecule has 0 spiro atoms. The van der Waals surface area contributed by atoms with Crippen molar-refractivity contribution in [3.63, 3.8) is 0 Å². The number of aromatic nitrogens is 2. The second kappa shape index (κ2) is 4.42. The maximum Gasteiger partial charge on any atom is 0.305 e. The molecule has 0 saturated carbocycles. The van der Waals surface area contributed by atoms with Crippen molar-refractivity contribution in [2.24, 2.45) is 0 Å². The van der Waals surface area contributed by atoms with Crippen LogP contribution in [-0.4, -0.2) is 25.7 Å². The van der Waals surface area contributed by atoms with E-state index in [4.69, 9.17) is 5.11 Å². The first-order valence-corrected chi connectivity index (χ1v) is 5.79. The van der Waals surface area contributed by atoms with Crippen LogP contribution in [0.1, 0.15) is 26.1 Å². The second-order valence-corrected chi connectivity index (χ2v) is 4.78. The van der Waals surface area contributed by atoms with Crippen LogP contribution in [0.4, 0.5) is 0 Å². The van der Waals surface area contributed by atoms with Gasteiger partial charge >= 0.3 is 5.97 Å². The van der Waals surface area contributed by atoms with Crippen LogP contribution in [0.5, 0.6) is 0 Å². The first-order chi connectivity index (χ1) is 8.39. The minimum absolute atomic E-state index is 0.00341. The van der Waals surface area contributed by atoms with E-state index in [0.717, 1.165) is 11.0 Å². The smallest absolute Gasteiger partial charge is 0.305 e. The SMILES string of the molecule is CC(C)(O)c1nc2ccccc2n1CCC(=O)O. The van der Waals surface area contributed by atoms with Crippen molar-refractivity contribution in [2.45, 2.75) is 32.4 Å². The summed E-state index contributed by atoms with van der Waals surface area (Å²) in [5.41, 5.74) is 0.508. The summed E-state index contributed by atoms with van der Waals surface area (Å²) in [4.78, 5) is 15.1. The zero-order valence-corrected chi connectivity index (χ0v) is 10.4. The van der Waals surface area contributed by atoms with E-state index in [-0.39, 0.29) is 6.42 Å². The van der Waals surface area contributed by atoms with Gasteiger partial charge in [-0.05, 0) is 26.0 Å². The summed E-state index contributed by atoms with van der Waals surface area (Å²) in [5, 5.41) is 18.9. The molecule has 0 aliphatic rings. The number of para-hydroxylation sites is 2. The molecule has 1 aromatic heterocycles. The maximum absolute atomic E-state index is 10.7. The molecule has 2 rings (SSSR count). The van der Waals surface area contributed by atoms with E-state index in [1.54, 1.807) is 18.4 Å². The average Bonchev–Trinajstić information content (AvgIpc) is 2.64. The summed E-state index contributed by atoms with van der Waals surface area (Å²) in [5.74, 6) is -0.376. The van der Waals surface area contributed by atoms with Crippen molar-refractivity contribution >= 4 is 17.0 Å². The molecule has 2 aromatic rings. The normalized spacial score (nSPS) is 11.9. The lowest BCUT2D eigenvalue weighted by Crippen LogP contribution is -2.22. The van der Waals surface area contributed by atoms with Crippen molar-refractivity contribution in [3.05, 3.63) is 30.1 Å². The van der Waals surface area contributed by atoms with E-state index in [1.807, 2.05) is 24.3 Å². The Morgan fingerprint density at radius 3 is 2.67 bits per heavy atom. The van der Waals surface area contributed by atoms with Gasteiger partial charge in [0.2, 0.25) is 0 Å². The van der Waals surface area contributed by atoms with Crippen LogP contribution < -0.4 is 0 Å². The third-order valence-electron chi connectivity index (χ3n) is 2.75. The highest BCUT2D eigenvalue weighted by Gasteiger charge is 2.24. The number of imidazole rings is 1. The fourth-order valence-electron chi connectivity index (χ4n) is 1.98. The summed E-state index contributed by atoms with van der Waals surface area (Å²) in [6.45, 7) is 3.59. The Morgan fingerprint density at radius 2 is 2.06 bits per heavy atom. The largest absolute Gasteiger partial charge is 0.481 e. The van der Waals surface area contributed by atoms with Crippen LogP contribution in [0.3, 0.4) is 0 Å². The van der Waals surface area contributed by atoms with Crippen molar-refractivity contribution < 1.29 is 15.0 Å². The van der Waals surface area contributed by atoms with Crippen molar-refractivity contribution in [2.75, 3.05) is 0 Å². The van der Waals surface area contributed by atoms with Gasteiger partial charge in [-0.3, -0.25) is 4.79 Å². The van der Waals surface area contributed by atoms with E-state index in [9.17, 15) is 9.90 Å². The number of nitrogens with zero attached hydrogens (tertiary/aromatic N) is 2. The first kappa shape index (κ1) is 12.6. The quantitative estimate of drug-likeness (QED) is 0.864. The van der Waals surface area contributed by atoms with Gasteiger partial charge in [-0.1, -0.05) is 12.1 Å². The molecule has 2 N–H and O–H groups in total. The fourth-order valence-corrected chi connectivity index (χ4v) is 1.98. The number of fused-ring (bicyclic) bond motifs is 1. The van der Waals surface area contributed by atoms with Gasteiger partial charge in [0, 0.05) is 6.54 Å². The molecule has 0 aliphatic carbocycles. The summed E-state index contributed by atoms with van der Waals surface area (Å²) in [6, 6.07) is 7.46. The number of hydrogen-bond donors (Lipinski definition) is 2. The van der Waals surface area contributed by atoms with E-state index >= 15 is 0 Å². The van der Waals surface area contributed by atoms with E-state index in [1.165, 1.54) is 0 Å². The molecule has 0 amide bonds. The minimum atomic E-state index is -1.10. The molecule has 0 unspecified atom stereocenters. The highest BCUT2D eigenvalue weighted by Crippen LogP contribution is 2.24. The number of aliphatic hydroxyl groups is 1. The lowest BCUT2D eigenvalue weighted by atomic mass is 10.1. The monoisotopic (exact) mass is 248 g/mol. The molecule has 18 heavy (non-hydrogen) atoms. The number of aliphatic carboxylic acids is 1. The van der Waals surface area contributed by atoms with Gasteiger partial charge in [0.1, 0.15) is 11.4 Å². The zero-order valence-electron chi connectivity index (χ0n) is 10.4. The lowest BCUT2D eigenvalue weighted by molar-refractivity contribution is -0.137. The molecule has 0 fully saturated rings.